The Kier molecular flexibility index (Phi) is 4.19. The van der Waals surface area contributed by atoms with E-state index < -0.39 is 0 Å². The number of hydrogen-bond donors (Lipinski definition) is 2. The first kappa shape index (κ1) is 15.8. The van der Waals surface area contributed by atoms with Crippen LogP contribution in [0.25, 0.3) is 16.8 Å². The number of H-pyrrole nitrogens is 1. The van der Waals surface area contributed by atoms with Gasteiger partial charge in [0, 0.05) is 24.8 Å². The van der Waals surface area contributed by atoms with Crippen molar-refractivity contribution in [3.05, 3.63) is 60.3 Å². The van der Waals surface area contributed by atoms with Gasteiger partial charge < -0.3 is 10.1 Å². The number of carbonyl (C=O) groups is 1. The number of benzene rings is 1. The molecule has 1 fully saturated rings. The fraction of sp³-hybridized carbons (Fsp3) is 0.263. The zero-order chi connectivity index (χ0) is 17.2. The summed E-state index contributed by atoms with van der Waals surface area (Å²) in [5.74, 6) is 0.0210. The number of aromatic amines is 1. The molecule has 6 heteroatoms. The summed E-state index contributed by atoms with van der Waals surface area (Å²) < 4.78 is 20.4. The fourth-order valence-corrected chi connectivity index (χ4v) is 3.18. The topological polar surface area (TPSA) is 58.2 Å². The summed E-state index contributed by atoms with van der Waals surface area (Å²) in [5, 5.41) is 3.07. The minimum atomic E-state index is -0.287. The average Bonchev–Trinajstić information content (AvgIpc) is 3.03. The Morgan fingerprint density at radius 3 is 2.68 bits per heavy atom. The normalized spacial score (nSPS) is 15.4. The first-order valence-electron chi connectivity index (χ1n) is 8.39. The Labute approximate surface area is 144 Å². The van der Waals surface area contributed by atoms with E-state index >= 15 is 0 Å². The molecule has 2 aromatic heterocycles. The van der Waals surface area contributed by atoms with E-state index in [4.69, 9.17) is 4.74 Å². The van der Waals surface area contributed by atoms with Crippen LogP contribution in [0.15, 0.2) is 48.7 Å². The van der Waals surface area contributed by atoms with E-state index in [1.165, 1.54) is 12.1 Å². The summed E-state index contributed by atoms with van der Waals surface area (Å²) in [4.78, 5) is 16.0. The molecular formula is C19H19FN3O2+. The molecule has 0 atom stereocenters. The van der Waals surface area contributed by atoms with Crippen LogP contribution in [0.1, 0.15) is 23.5 Å². The van der Waals surface area contributed by atoms with E-state index in [-0.39, 0.29) is 17.8 Å². The third kappa shape index (κ3) is 3.13. The van der Waals surface area contributed by atoms with Crippen LogP contribution in [-0.2, 0) is 4.74 Å². The van der Waals surface area contributed by atoms with Crippen molar-refractivity contribution in [2.24, 2.45) is 0 Å². The van der Waals surface area contributed by atoms with Gasteiger partial charge in [0.25, 0.3) is 0 Å². The maximum Gasteiger partial charge on any atom is 0.351 e. The summed E-state index contributed by atoms with van der Waals surface area (Å²) in [7, 11) is 0. The maximum atomic E-state index is 13.2. The standard InChI is InChI=1S/C19H18FN3O2/c20-14-6-4-13(5-7-14)17-16-3-1-2-10-23(16)18(22-17)19(24)21-15-8-11-25-12-9-15/h1-7,10,15H,8-9,11-12H2,(H,21,24)/p+1. The molecule has 5 nitrogen and oxygen atoms in total. The minimum Gasteiger partial charge on any atom is -0.381 e. The zero-order valence-electron chi connectivity index (χ0n) is 13.7. The molecule has 0 aliphatic carbocycles. The molecule has 0 spiro atoms. The Balaban J connectivity index is 1.71. The number of pyridine rings is 1. The van der Waals surface area contributed by atoms with Gasteiger partial charge in [0.05, 0.1) is 6.20 Å². The molecule has 2 N–H and O–H groups in total. The highest BCUT2D eigenvalue weighted by Crippen LogP contribution is 2.22. The molecule has 0 unspecified atom stereocenters. The number of carbonyl (C=O) groups excluding carboxylic acids is 1. The Bertz CT molecular complexity index is 899. The van der Waals surface area contributed by atoms with Crippen LogP contribution in [0.2, 0.25) is 0 Å². The van der Waals surface area contributed by atoms with Gasteiger partial charge >= 0.3 is 11.7 Å². The van der Waals surface area contributed by atoms with Crippen LogP contribution < -0.4 is 9.72 Å². The number of nitrogens with one attached hydrogen (secondary N) is 2. The Hall–Kier alpha value is -2.73. The van der Waals surface area contributed by atoms with Gasteiger partial charge in [-0.3, -0.25) is 4.79 Å². The SMILES string of the molecule is O=C(NC1CCOCC1)c1[nH]c(-c2ccc(F)cc2)c2cccc[n+]12. The number of amides is 1. The lowest BCUT2D eigenvalue weighted by Crippen LogP contribution is -2.42. The molecule has 1 amide bonds. The summed E-state index contributed by atoms with van der Waals surface area (Å²) in [6.07, 6.45) is 3.48. The van der Waals surface area contributed by atoms with Crippen LogP contribution in [0, 0.1) is 5.82 Å². The number of halogens is 1. The largest absolute Gasteiger partial charge is 0.381 e. The van der Waals surface area contributed by atoms with Crippen molar-refractivity contribution < 1.29 is 18.3 Å². The van der Waals surface area contributed by atoms with Crippen molar-refractivity contribution in [1.82, 2.24) is 10.3 Å². The van der Waals surface area contributed by atoms with Gasteiger partial charge in [0.1, 0.15) is 5.82 Å². The number of imidazole rings is 1. The number of hydrogen-bond acceptors (Lipinski definition) is 2. The third-order valence-electron chi connectivity index (χ3n) is 4.50. The number of fused-ring (bicyclic) bond motifs is 1. The summed E-state index contributed by atoms with van der Waals surface area (Å²) in [5.41, 5.74) is 2.49. The second-order valence-electron chi connectivity index (χ2n) is 6.17. The fourth-order valence-electron chi connectivity index (χ4n) is 3.18. The predicted octanol–water partition coefficient (Wildman–Crippen LogP) is 2.47. The lowest BCUT2D eigenvalue weighted by atomic mass is 10.1. The van der Waals surface area contributed by atoms with Gasteiger partial charge in [-0.1, -0.05) is 6.07 Å². The number of aromatic nitrogens is 2. The van der Waals surface area contributed by atoms with E-state index in [0.717, 1.165) is 29.6 Å². The van der Waals surface area contributed by atoms with E-state index in [2.05, 4.69) is 10.3 Å². The van der Waals surface area contributed by atoms with Crippen LogP contribution >= 0.6 is 0 Å². The molecule has 3 heterocycles. The van der Waals surface area contributed by atoms with Crippen molar-refractivity contribution in [3.63, 3.8) is 0 Å². The molecule has 1 aliphatic heterocycles. The van der Waals surface area contributed by atoms with Crippen molar-refractivity contribution in [1.29, 1.82) is 0 Å². The molecule has 3 aromatic rings. The van der Waals surface area contributed by atoms with Crippen molar-refractivity contribution in [3.8, 4) is 11.3 Å². The quantitative estimate of drug-likeness (QED) is 0.720. The van der Waals surface area contributed by atoms with Crippen molar-refractivity contribution in [2.45, 2.75) is 18.9 Å². The molecular weight excluding hydrogens is 321 g/mol. The highest BCUT2D eigenvalue weighted by Gasteiger charge is 2.27. The number of rotatable bonds is 3. The first-order valence-corrected chi connectivity index (χ1v) is 8.39. The molecule has 1 saturated heterocycles. The van der Waals surface area contributed by atoms with Gasteiger partial charge in [-0.15, -0.1) is 0 Å². The third-order valence-corrected chi connectivity index (χ3v) is 4.50. The van der Waals surface area contributed by atoms with Crippen LogP contribution in [-0.4, -0.2) is 30.1 Å². The molecule has 0 radical (unpaired) electrons. The summed E-state index contributed by atoms with van der Waals surface area (Å²) in [6, 6.07) is 12.1. The summed E-state index contributed by atoms with van der Waals surface area (Å²) >= 11 is 0. The number of ether oxygens (including phenoxy) is 1. The van der Waals surface area contributed by atoms with E-state index in [9.17, 15) is 9.18 Å². The minimum absolute atomic E-state index is 0.123. The molecule has 25 heavy (non-hydrogen) atoms. The van der Waals surface area contributed by atoms with Gasteiger partial charge in [-0.05, 0) is 49.2 Å². The van der Waals surface area contributed by atoms with Crippen LogP contribution in [0.5, 0.6) is 0 Å². The van der Waals surface area contributed by atoms with Crippen molar-refractivity contribution >= 4 is 11.4 Å². The van der Waals surface area contributed by atoms with E-state index in [0.29, 0.717) is 19.0 Å². The Morgan fingerprint density at radius 2 is 1.92 bits per heavy atom. The van der Waals surface area contributed by atoms with Gasteiger partial charge in [0.2, 0.25) is 0 Å². The molecule has 128 valence electrons. The van der Waals surface area contributed by atoms with Gasteiger partial charge in [0.15, 0.2) is 11.2 Å². The first-order chi connectivity index (χ1) is 12.2. The highest BCUT2D eigenvalue weighted by atomic mass is 19.1. The highest BCUT2D eigenvalue weighted by molar-refractivity contribution is 5.91. The number of nitrogens with zero attached hydrogens (tertiary/aromatic N) is 1. The second-order valence-corrected chi connectivity index (χ2v) is 6.17. The van der Waals surface area contributed by atoms with Crippen LogP contribution in [0.4, 0.5) is 4.39 Å². The lowest BCUT2D eigenvalue weighted by Gasteiger charge is -2.22. The smallest absolute Gasteiger partial charge is 0.351 e. The van der Waals surface area contributed by atoms with E-state index in [1.54, 1.807) is 12.1 Å². The molecule has 0 bridgehead atoms. The van der Waals surface area contributed by atoms with Gasteiger partial charge in [-0.2, -0.15) is 4.40 Å². The summed E-state index contributed by atoms with van der Waals surface area (Å²) in [6.45, 7) is 1.34. The molecule has 1 aromatic carbocycles. The molecule has 0 saturated carbocycles. The predicted molar refractivity (Wildman–Crippen MR) is 90.7 cm³/mol. The monoisotopic (exact) mass is 340 g/mol. The second kappa shape index (κ2) is 6.64. The lowest BCUT2D eigenvalue weighted by molar-refractivity contribution is -0.514. The zero-order valence-corrected chi connectivity index (χ0v) is 13.7. The van der Waals surface area contributed by atoms with Gasteiger partial charge in [-0.25, -0.2) is 9.37 Å². The van der Waals surface area contributed by atoms with E-state index in [1.807, 2.05) is 28.8 Å². The van der Waals surface area contributed by atoms with Crippen molar-refractivity contribution in [2.75, 3.05) is 13.2 Å². The van der Waals surface area contributed by atoms with Crippen LogP contribution in [0.3, 0.4) is 0 Å². The maximum absolute atomic E-state index is 13.2. The molecule has 1 aliphatic rings. The Morgan fingerprint density at radius 1 is 1.16 bits per heavy atom. The average molecular weight is 340 g/mol. The molecule has 4 rings (SSSR count).